The van der Waals surface area contributed by atoms with E-state index in [0.29, 0.717) is 11.7 Å². The van der Waals surface area contributed by atoms with Crippen molar-refractivity contribution in [3.63, 3.8) is 0 Å². The summed E-state index contributed by atoms with van der Waals surface area (Å²) in [5.41, 5.74) is 0.905. The standard InChI is InChI=1S/C12H18F3N3S/c1-3-9-10(6-16-2)19-11(17-9)18(8-4-5-8)7-12(13,14)15/h8,16H,3-7H2,1-2H3. The third kappa shape index (κ3) is 3.82. The fourth-order valence-corrected chi connectivity index (χ4v) is 3.23. The Hall–Kier alpha value is -0.820. The van der Waals surface area contributed by atoms with Crippen LogP contribution in [0.15, 0.2) is 0 Å². The predicted molar refractivity (Wildman–Crippen MR) is 70.7 cm³/mol. The van der Waals surface area contributed by atoms with Gasteiger partial charge in [0.05, 0.1) is 5.69 Å². The van der Waals surface area contributed by atoms with E-state index in [1.165, 1.54) is 16.2 Å². The molecule has 7 heteroatoms. The largest absolute Gasteiger partial charge is 0.406 e. The number of nitrogens with zero attached hydrogens (tertiary/aromatic N) is 2. The molecular weight excluding hydrogens is 275 g/mol. The van der Waals surface area contributed by atoms with Gasteiger partial charge in [0.1, 0.15) is 6.54 Å². The van der Waals surface area contributed by atoms with Crippen molar-refractivity contribution in [2.45, 2.75) is 44.9 Å². The smallest absolute Gasteiger partial charge is 0.336 e. The number of anilines is 1. The molecule has 1 N–H and O–H groups in total. The summed E-state index contributed by atoms with van der Waals surface area (Å²) >= 11 is 1.38. The Morgan fingerprint density at radius 3 is 2.58 bits per heavy atom. The van der Waals surface area contributed by atoms with E-state index in [1.54, 1.807) is 0 Å². The topological polar surface area (TPSA) is 28.2 Å². The summed E-state index contributed by atoms with van der Waals surface area (Å²) in [6.07, 6.45) is -1.77. The van der Waals surface area contributed by atoms with E-state index in [9.17, 15) is 13.2 Å². The summed E-state index contributed by atoms with van der Waals surface area (Å²) < 4.78 is 37.9. The van der Waals surface area contributed by atoms with Crippen LogP contribution in [-0.4, -0.2) is 30.8 Å². The van der Waals surface area contributed by atoms with E-state index in [1.807, 2.05) is 14.0 Å². The Morgan fingerprint density at radius 2 is 2.11 bits per heavy atom. The molecule has 0 aromatic carbocycles. The zero-order chi connectivity index (χ0) is 14.0. The third-order valence-corrected chi connectivity index (χ3v) is 4.16. The minimum atomic E-state index is -4.18. The molecule has 3 nitrogen and oxygen atoms in total. The number of halogens is 3. The number of hydrogen-bond acceptors (Lipinski definition) is 4. The Kier molecular flexibility index (Phi) is 4.35. The molecule has 0 spiro atoms. The molecule has 108 valence electrons. The van der Waals surface area contributed by atoms with Gasteiger partial charge in [0.15, 0.2) is 5.13 Å². The number of thiazole rings is 1. The Morgan fingerprint density at radius 1 is 1.42 bits per heavy atom. The molecule has 0 amide bonds. The lowest BCUT2D eigenvalue weighted by Crippen LogP contribution is -2.35. The number of aromatic nitrogens is 1. The molecule has 19 heavy (non-hydrogen) atoms. The van der Waals surface area contributed by atoms with Crippen LogP contribution < -0.4 is 10.2 Å². The highest BCUT2D eigenvalue weighted by Gasteiger charge is 2.39. The summed E-state index contributed by atoms with van der Waals surface area (Å²) in [5.74, 6) is 0. The maximum Gasteiger partial charge on any atom is 0.406 e. The first-order valence-corrected chi connectivity index (χ1v) is 7.22. The van der Waals surface area contributed by atoms with Crippen LogP contribution in [0, 0.1) is 0 Å². The van der Waals surface area contributed by atoms with E-state index < -0.39 is 12.7 Å². The molecular formula is C12H18F3N3S. The monoisotopic (exact) mass is 293 g/mol. The van der Waals surface area contributed by atoms with Gasteiger partial charge in [0.2, 0.25) is 0 Å². The number of nitrogens with one attached hydrogen (secondary N) is 1. The lowest BCUT2D eigenvalue weighted by atomic mass is 10.3. The number of rotatable bonds is 6. The van der Waals surface area contributed by atoms with E-state index in [-0.39, 0.29) is 6.04 Å². The molecule has 0 aliphatic heterocycles. The third-order valence-electron chi connectivity index (χ3n) is 3.02. The van der Waals surface area contributed by atoms with E-state index >= 15 is 0 Å². The van der Waals surface area contributed by atoms with Gasteiger partial charge in [0, 0.05) is 17.5 Å². The van der Waals surface area contributed by atoms with Crippen LogP contribution in [0.25, 0.3) is 0 Å². The van der Waals surface area contributed by atoms with Crippen LogP contribution >= 0.6 is 11.3 Å². The predicted octanol–water partition coefficient (Wildman–Crippen LogP) is 2.96. The molecule has 2 rings (SSSR count). The molecule has 0 unspecified atom stereocenters. The molecule has 1 saturated carbocycles. The molecule has 1 aliphatic rings. The second-order valence-electron chi connectivity index (χ2n) is 4.72. The van der Waals surface area contributed by atoms with Crippen molar-refractivity contribution >= 4 is 16.5 Å². The molecule has 1 aliphatic carbocycles. The lowest BCUT2D eigenvalue weighted by Gasteiger charge is -2.22. The highest BCUT2D eigenvalue weighted by atomic mass is 32.1. The van der Waals surface area contributed by atoms with E-state index in [2.05, 4.69) is 10.3 Å². The summed E-state index contributed by atoms with van der Waals surface area (Å²) in [5, 5.41) is 3.55. The fraction of sp³-hybridized carbons (Fsp3) is 0.750. The molecule has 0 atom stereocenters. The maximum absolute atomic E-state index is 12.6. The quantitative estimate of drug-likeness (QED) is 0.874. The van der Waals surface area contributed by atoms with Crippen LogP contribution in [0.1, 0.15) is 30.3 Å². The summed E-state index contributed by atoms with van der Waals surface area (Å²) in [6.45, 7) is 1.74. The van der Waals surface area contributed by atoms with Crippen LogP contribution in [0.3, 0.4) is 0 Å². The minimum Gasteiger partial charge on any atom is -0.336 e. The van der Waals surface area contributed by atoms with E-state index in [4.69, 9.17) is 0 Å². The first-order valence-electron chi connectivity index (χ1n) is 6.41. The highest BCUT2D eigenvalue weighted by molar-refractivity contribution is 7.15. The van der Waals surface area contributed by atoms with Crippen LogP contribution in [0.5, 0.6) is 0 Å². The van der Waals surface area contributed by atoms with Gasteiger partial charge in [-0.2, -0.15) is 13.2 Å². The number of alkyl halides is 3. The second kappa shape index (κ2) is 5.66. The summed E-state index contributed by atoms with van der Waals surface area (Å²) in [6, 6.07) is 0.0138. The lowest BCUT2D eigenvalue weighted by molar-refractivity contribution is -0.120. The molecule has 0 saturated heterocycles. The molecule has 1 aromatic heterocycles. The maximum atomic E-state index is 12.6. The molecule has 1 fully saturated rings. The SMILES string of the molecule is CCc1nc(N(CC(F)(F)F)C2CC2)sc1CNC. The van der Waals surface area contributed by atoms with Gasteiger partial charge < -0.3 is 10.2 Å². The number of hydrogen-bond donors (Lipinski definition) is 1. The Bertz CT molecular complexity index is 426. The molecule has 0 bridgehead atoms. The van der Waals surface area contributed by atoms with Crippen molar-refractivity contribution in [2.24, 2.45) is 0 Å². The highest BCUT2D eigenvalue weighted by Crippen LogP contribution is 2.37. The van der Waals surface area contributed by atoms with Gasteiger partial charge >= 0.3 is 6.18 Å². The first kappa shape index (κ1) is 14.6. The Balaban J connectivity index is 2.21. The van der Waals surface area contributed by atoms with Crippen molar-refractivity contribution in [3.05, 3.63) is 10.6 Å². The summed E-state index contributed by atoms with van der Waals surface area (Å²) in [7, 11) is 1.83. The van der Waals surface area contributed by atoms with Gasteiger partial charge in [-0.1, -0.05) is 6.92 Å². The van der Waals surface area contributed by atoms with Crippen molar-refractivity contribution < 1.29 is 13.2 Å². The molecule has 0 radical (unpaired) electrons. The average molecular weight is 293 g/mol. The van der Waals surface area contributed by atoms with Crippen molar-refractivity contribution in [2.75, 3.05) is 18.5 Å². The second-order valence-corrected chi connectivity index (χ2v) is 5.79. The molecule has 1 aromatic rings. The van der Waals surface area contributed by atoms with Crippen LogP contribution in [0.2, 0.25) is 0 Å². The minimum absolute atomic E-state index is 0.0138. The zero-order valence-corrected chi connectivity index (χ0v) is 11.9. The fourth-order valence-electron chi connectivity index (χ4n) is 2.00. The molecule has 1 heterocycles. The van der Waals surface area contributed by atoms with Crippen LogP contribution in [0.4, 0.5) is 18.3 Å². The van der Waals surface area contributed by atoms with Crippen molar-refractivity contribution in [3.8, 4) is 0 Å². The normalized spacial score (nSPS) is 15.8. The summed E-state index contributed by atoms with van der Waals surface area (Å²) in [4.78, 5) is 6.85. The Labute approximate surface area is 114 Å². The number of aryl methyl sites for hydroxylation is 1. The van der Waals surface area contributed by atoms with Gasteiger partial charge in [-0.15, -0.1) is 11.3 Å². The van der Waals surface area contributed by atoms with Crippen molar-refractivity contribution in [1.82, 2.24) is 10.3 Å². The average Bonchev–Trinajstić information content (AvgIpc) is 3.07. The zero-order valence-electron chi connectivity index (χ0n) is 11.0. The first-order chi connectivity index (χ1) is 8.94. The van der Waals surface area contributed by atoms with E-state index in [0.717, 1.165) is 29.8 Å². The van der Waals surface area contributed by atoms with Crippen LogP contribution in [-0.2, 0) is 13.0 Å². The van der Waals surface area contributed by atoms with Gasteiger partial charge in [-0.05, 0) is 26.3 Å². The van der Waals surface area contributed by atoms with Crippen molar-refractivity contribution in [1.29, 1.82) is 0 Å². The van der Waals surface area contributed by atoms with Gasteiger partial charge in [0.25, 0.3) is 0 Å². The van der Waals surface area contributed by atoms with Gasteiger partial charge in [-0.3, -0.25) is 0 Å². The van der Waals surface area contributed by atoms with Gasteiger partial charge in [-0.25, -0.2) is 4.98 Å².